The Morgan fingerprint density at radius 3 is 2.45 bits per heavy atom. The number of ether oxygens (including phenoxy) is 1. The zero-order valence-electron chi connectivity index (χ0n) is 17.7. The van der Waals surface area contributed by atoms with Gasteiger partial charge < -0.3 is 10.5 Å². The summed E-state index contributed by atoms with van der Waals surface area (Å²) in [6.45, 7) is 4.99. The summed E-state index contributed by atoms with van der Waals surface area (Å²) in [7, 11) is -3.68. The largest absolute Gasteiger partial charge is 0.494 e. The first-order valence-electron chi connectivity index (χ1n) is 10.5. The maximum atomic E-state index is 11.8. The molecule has 2 rings (SSSR count). The lowest BCUT2D eigenvalue weighted by molar-refractivity contribution is -0.118. The predicted octanol–water partition coefficient (Wildman–Crippen LogP) is 2.75. The summed E-state index contributed by atoms with van der Waals surface area (Å²) >= 11 is 0. The summed E-state index contributed by atoms with van der Waals surface area (Å²) in [6.07, 6.45) is 8.11. The maximum absolute atomic E-state index is 11.8. The number of nitrogens with one attached hydrogen (secondary N) is 1. The zero-order chi connectivity index (χ0) is 21.3. The van der Waals surface area contributed by atoms with Gasteiger partial charge in [-0.2, -0.15) is 12.7 Å². The van der Waals surface area contributed by atoms with Crippen LogP contribution in [-0.2, 0) is 21.4 Å². The van der Waals surface area contributed by atoms with Crippen molar-refractivity contribution in [1.82, 2.24) is 9.03 Å². The Bertz CT molecular complexity index is 748. The number of rotatable bonds is 13. The predicted molar refractivity (Wildman–Crippen MR) is 115 cm³/mol. The molecule has 1 aromatic rings. The minimum atomic E-state index is -3.68. The normalized spacial score (nSPS) is 18.4. The highest BCUT2D eigenvalue weighted by molar-refractivity contribution is 7.88. The number of aryl methyl sites for hydroxylation is 1. The van der Waals surface area contributed by atoms with Crippen LogP contribution in [0, 0.1) is 0 Å². The third-order valence-electron chi connectivity index (χ3n) is 5.26. The topological polar surface area (TPSA) is 102 Å². The SMILES string of the molecule is CCCCCCCOc1ccc(CC[C@](C)(N)CCN2CC(=O)NS2(=O)=O)cc1. The Hall–Kier alpha value is -1.64. The van der Waals surface area contributed by atoms with Gasteiger partial charge in [-0.1, -0.05) is 44.7 Å². The Morgan fingerprint density at radius 2 is 1.83 bits per heavy atom. The number of nitrogens with two attached hydrogens (primary N) is 1. The fourth-order valence-corrected chi connectivity index (χ4v) is 4.37. The van der Waals surface area contributed by atoms with E-state index in [1.807, 2.05) is 23.8 Å². The number of carbonyl (C=O) groups excluding carboxylic acids is 1. The first kappa shape index (κ1) is 23.6. The average Bonchev–Trinajstić information content (AvgIpc) is 2.93. The number of hydrogen-bond acceptors (Lipinski definition) is 5. The summed E-state index contributed by atoms with van der Waals surface area (Å²) in [6, 6.07) is 8.08. The van der Waals surface area contributed by atoms with Crippen LogP contribution in [0.25, 0.3) is 0 Å². The van der Waals surface area contributed by atoms with Crippen molar-refractivity contribution in [1.29, 1.82) is 0 Å². The number of amides is 1. The number of carbonyl (C=O) groups is 1. The summed E-state index contributed by atoms with van der Waals surface area (Å²) in [5.74, 6) is 0.392. The van der Waals surface area contributed by atoms with E-state index in [1.165, 1.54) is 31.2 Å². The van der Waals surface area contributed by atoms with Gasteiger partial charge in [0.1, 0.15) is 5.75 Å². The van der Waals surface area contributed by atoms with E-state index in [9.17, 15) is 13.2 Å². The highest BCUT2D eigenvalue weighted by Gasteiger charge is 2.34. The Morgan fingerprint density at radius 1 is 1.14 bits per heavy atom. The van der Waals surface area contributed by atoms with Gasteiger partial charge in [-0.3, -0.25) is 4.79 Å². The van der Waals surface area contributed by atoms with Crippen molar-refractivity contribution in [2.24, 2.45) is 5.73 Å². The molecule has 1 amide bonds. The second-order valence-corrected chi connectivity index (χ2v) is 9.85. The molecule has 0 radical (unpaired) electrons. The lowest BCUT2D eigenvalue weighted by Gasteiger charge is -2.26. The second-order valence-electron chi connectivity index (χ2n) is 8.17. The van der Waals surface area contributed by atoms with Gasteiger partial charge in [0.15, 0.2) is 0 Å². The molecule has 164 valence electrons. The van der Waals surface area contributed by atoms with E-state index in [0.29, 0.717) is 6.42 Å². The van der Waals surface area contributed by atoms with Crippen molar-refractivity contribution in [3.8, 4) is 5.75 Å². The smallest absolute Gasteiger partial charge is 0.304 e. The molecule has 7 nitrogen and oxygen atoms in total. The van der Waals surface area contributed by atoms with E-state index in [0.717, 1.165) is 35.9 Å². The molecule has 0 aromatic heterocycles. The molecule has 3 N–H and O–H groups in total. The van der Waals surface area contributed by atoms with Crippen LogP contribution < -0.4 is 15.2 Å². The third kappa shape index (κ3) is 8.32. The molecule has 1 fully saturated rings. The lowest BCUT2D eigenvalue weighted by Crippen LogP contribution is -2.41. The number of hydrogen-bond donors (Lipinski definition) is 2. The number of nitrogens with zero attached hydrogens (tertiary/aromatic N) is 1. The molecule has 1 aliphatic heterocycles. The summed E-state index contributed by atoms with van der Waals surface area (Å²) in [4.78, 5) is 11.3. The third-order valence-corrected chi connectivity index (χ3v) is 6.74. The van der Waals surface area contributed by atoms with Crippen LogP contribution in [0.5, 0.6) is 5.75 Å². The molecular weight excluding hydrogens is 390 g/mol. The Labute approximate surface area is 175 Å². The van der Waals surface area contributed by atoms with Crippen LogP contribution in [0.4, 0.5) is 0 Å². The summed E-state index contributed by atoms with van der Waals surface area (Å²) in [5.41, 5.74) is 7.01. The van der Waals surface area contributed by atoms with Crippen LogP contribution >= 0.6 is 0 Å². The first-order valence-corrected chi connectivity index (χ1v) is 12.0. The minimum absolute atomic E-state index is 0.127. The fourth-order valence-electron chi connectivity index (χ4n) is 3.27. The monoisotopic (exact) mass is 425 g/mol. The molecule has 0 aliphatic carbocycles. The van der Waals surface area contributed by atoms with E-state index in [-0.39, 0.29) is 13.1 Å². The van der Waals surface area contributed by atoms with E-state index in [2.05, 4.69) is 19.1 Å². The molecule has 8 heteroatoms. The molecule has 0 bridgehead atoms. The summed E-state index contributed by atoms with van der Waals surface area (Å²) < 4.78 is 32.5. The molecule has 0 saturated carbocycles. The lowest BCUT2D eigenvalue weighted by atomic mass is 9.91. The fraction of sp³-hybridized carbons (Fsp3) is 0.667. The van der Waals surface area contributed by atoms with Crippen molar-refractivity contribution >= 4 is 16.1 Å². The molecule has 1 heterocycles. The minimum Gasteiger partial charge on any atom is -0.494 e. The zero-order valence-corrected chi connectivity index (χ0v) is 18.5. The summed E-state index contributed by atoms with van der Waals surface area (Å²) in [5, 5.41) is 0. The highest BCUT2D eigenvalue weighted by atomic mass is 32.2. The van der Waals surface area contributed by atoms with Gasteiger partial charge in [-0.15, -0.1) is 0 Å². The second kappa shape index (κ2) is 10.9. The van der Waals surface area contributed by atoms with Crippen LogP contribution in [0.2, 0.25) is 0 Å². The number of unbranched alkanes of at least 4 members (excludes halogenated alkanes) is 4. The Balaban J connectivity index is 1.70. The Kier molecular flexibility index (Phi) is 8.92. The standard InChI is InChI=1S/C21H35N3O4S/c1-3-4-5-6-7-16-28-19-10-8-18(9-11-19)12-13-21(2,22)14-15-24-17-20(25)23-29(24,26)27/h8-11H,3-7,12-17,22H2,1-2H3,(H,23,25)/t21-/m0/s1. The van der Waals surface area contributed by atoms with E-state index in [1.54, 1.807) is 0 Å². The molecular formula is C21H35N3O4S. The van der Waals surface area contributed by atoms with E-state index >= 15 is 0 Å². The first-order chi connectivity index (χ1) is 13.7. The van der Waals surface area contributed by atoms with Gasteiger partial charge in [0.25, 0.3) is 0 Å². The molecule has 1 aromatic carbocycles. The molecule has 0 spiro atoms. The van der Waals surface area contributed by atoms with Crippen molar-refractivity contribution in [3.05, 3.63) is 29.8 Å². The van der Waals surface area contributed by atoms with Crippen LogP contribution in [0.1, 0.15) is 64.4 Å². The van der Waals surface area contributed by atoms with Gasteiger partial charge in [0.05, 0.1) is 13.2 Å². The van der Waals surface area contributed by atoms with E-state index < -0.39 is 21.7 Å². The van der Waals surface area contributed by atoms with Crippen LogP contribution in [-0.4, -0.2) is 43.9 Å². The molecule has 29 heavy (non-hydrogen) atoms. The van der Waals surface area contributed by atoms with Gasteiger partial charge in [-0.25, -0.2) is 4.72 Å². The molecule has 1 saturated heterocycles. The van der Waals surface area contributed by atoms with E-state index in [4.69, 9.17) is 10.5 Å². The van der Waals surface area contributed by atoms with Gasteiger partial charge in [0, 0.05) is 12.1 Å². The molecule has 0 unspecified atom stereocenters. The van der Waals surface area contributed by atoms with Crippen molar-refractivity contribution < 1.29 is 17.9 Å². The molecule has 1 atom stereocenters. The molecule has 1 aliphatic rings. The van der Waals surface area contributed by atoms with Gasteiger partial charge in [0.2, 0.25) is 5.91 Å². The van der Waals surface area contributed by atoms with Crippen molar-refractivity contribution in [3.63, 3.8) is 0 Å². The quantitative estimate of drug-likeness (QED) is 0.473. The van der Waals surface area contributed by atoms with Crippen molar-refractivity contribution in [2.75, 3.05) is 19.7 Å². The van der Waals surface area contributed by atoms with Crippen LogP contribution in [0.15, 0.2) is 24.3 Å². The average molecular weight is 426 g/mol. The van der Waals surface area contributed by atoms with Crippen LogP contribution in [0.3, 0.4) is 0 Å². The van der Waals surface area contributed by atoms with Crippen molar-refractivity contribution in [2.45, 2.75) is 70.8 Å². The maximum Gasteiger partial charge on any atom is 0.304 e. The van der Waals surface area contributed by atoms with Gasteiger partial charge in [-0.05, 0) is 50.3 Å². The highest BCUT2D eigenvalue weighted by Crippen LogP contribution is 2.20. The van der Waals surface area contributed by atoms with Gasteiger partial charge >= 0.3 is 10.2 Å². The number of benzene rings is 1.